The first-order chi connectivity index (χ1) is 16.8. The summed E-state index contributed by atoms with van der Waals surface area (Å²) in [5.74, 6) is -1.59. The topological polar surface area (TPSA) is 96.2 Å². The van der Waals surface area contributed by atoms with Gasteiger partial charge in [-0.3, -0.25) is 4.79 Å². The maximum atomic E-state index is 15.0. The van der Waals surface area contributed by atoms with Crippen molar-refractivity contribution in [3.63, 3.8) is 0 Å². The number of halogens is 2. The molecule has 1 aliphatic heterocycles. The van der Waals surface area contributed by atoms with Gasteiger partial charge in [0.15, 0.2) is 5.43 Å². The Kier molecular flexibility index (Phi) is 7.18. The number of fused-ring (bicyclic) bond motifs is 3. The predicted octanol–water partition coefficient (Wildman–Crippen LogP) is 4.39. The van der Waals surface area contributed by atoms with Gasteiger partial charge in [-0.05, 0) is 18.2 Å². The van der Waals surface area contributed by atoms with E-state index in [4.69, 9.17) is 30.5 Å². The Hall–Kier alpha value is -3.30. The maximum absolute atomic E-state index is 15.0. The highest BCUT2D eigenvalue weighted by Crippen LogP contribution is 2.49. The highest BCUT2D eigenvalue weighted by molar-refractivity contribution is 6.30. The summed E-state index contributed by atoms with van der Waals surface area (Å²) >= 11 is 6.64. The van der Waals surface area contributed by atoms with Gasteiger partial charge in [-0.15, -0.1) is 0 Å². The number of benzene rings is 1. The molecule has 1 aliphatic carbocycles. The van der Waals surface area contributed by atoms with Crippen molar-refractivity contribution in [2.45, 2.75) is 25.5 Å². The molecule has 0 radical (unpaired) electrons. The average molecular weight is 506 g/mol. The minimum absolute atomic E-state index is 0.112. The molecule has 2 heterocycles. The third-order valence-corrected chi connectivity index (χ3v) is 6.63. The molecular formula is C25H25ClFNO7. The number of carboxylic acids is 1. The van der Waals surface area contributed by atoms with E-state index in [0.29, 0.717) is 47.6 Å². The van der Waals surface area contributed by atoms with Gasteiger partial charge >= 0.3 is 5.97 Å². The highest BCUT2D eigenvalue weighted by Gasteiger charge is 2.42. The van der Waals surface area contributed by atoms with Gasteiger partial charge in [-0.1, -0.05) is 18.5 Å². The Morgan fingerprint density at radius 1 is 1.26 bits per heavy atom. The van der Waals surface area contributed by atoms with Crippen LogP contribution < -0.4 is 10.2 Å². The molecule has 1 aromatic heterocycles. The molecule has 0 bridgehead atoms. The summed E-state index contributed by atoms with van der Waals surface area (Å²) in [4.78, 5) is 24.3. The fourth-order valence-electron chi connectivity index (χ4n) is 4.33. The number of carbonyl (C=O) groups is 1. The number of carboxylic acid groups (broad SMARTS) is 1. The lowest BCUT2D eigenvalue weighted by atomic mass is 9.82. The second-order valence-corrected chi connectivity index (χ2v) is 8.67. The van der Waals surface area contributed by atoms with Gasteiger partial charge in [0.2, 0.25) is 6.23 Å². The Morgan fingerprint density at radius 2 is 2.03 bits per heavy atom. The van der Waals surface area contributed by atoms with Crippen molar-refractivity contribution in [1.82, 2.24) is 4.57 Å². The lowest BCUT2D eigenvalue weighted by molar-refractivity contribution is 0.0406. The van der Waals surface area contributed by atoms with Gasteiger partial charge in [0.25, 0.3) is 0 Å². The van der Waals surface area contributed by atoms with Gasteiger partial charge in [0, 0.05) is 50.1 Å². The Labute approximate surface area is 206 Å². The number of ether oxygens (including phenoxy) is 4. The molecule has 1 N–H and O–H groups in total. The number of aromatic carboxylic acids is 1. The number of rotatable bonds is 8. The average Bonchev–Trinajstić information content (AvgIpc) is 2.83. The minimum Gasteiger partial charge on any atom is -0.497 e. The second-order valence-electron chi connectivity index (χ2n) is 8.27. The van der Waals surface area contributed by atoms with E-state index in [2.05, 4.69) is 0 Å². The van der Waals surface area contributed by atoms with Crippen LogP contribution in [0.4, 0.5) is 4.39 Å². The van der Waals surface area contributed by atoms with E-state index < -0.39 is 34.9 Å². The number of pyridine rings is 1. The van der Waals surface area contributed by atoms with Crippen molar-refractivity contribution in [3.8, 4) is 5.75 Å². The fourth-order valence-corrected chi connectivity index (χ4v) is 4.56. The van der Waals surface area contributed by atoms with Crippen LogP contribution in [0.3, 0.4) is 0 Å². The number of methoxy groups -OCH3 is 2. The van der Waals surface area contributed by atoms with Crippen molar-refractivity contribution < 1.29 is 33.2 Å². The molecule has 186 valence electrons. The molecule has 0 fully saturated rings. The fraction of sp³-hybridized carbons (Fsp3) is 0.360. The smallest absolute Gasteiger partial charge is 0.341 e. The molecule has 3 atom stereocenters. The van der Waals surface area contributed by atoms with Crippen molar-refractivity contribution in [2.75, 3.05) is 27.4 Å². The number of aromatic nitrogens is 1. The highest BCUT2D eigenvalue weighted by atomic mass is 35.5. The molecule has 3 unspecified atom stereocenters. The summed E-state index contributed by atoms with van der Waals surface area (Å²) in [6.07, 6.45) is 2.38. The summed E-state index contributed by atoms with van der Waals surface area (Å²) < 4.78 is 38.9. The van der Waals surface area contributed by atoms with Gasteiger partial charge in [-0.25, -0.2) is 9.18 Å². The maximum Gasteiger partial charge on any atom is 0.341 e. The quantitative estimate of drug-likeness (QED) is 0.531. The van der Waals surface area contributed by atoms with Crippen LogP contribution in [0.5, 0.6) is 5.75 Å². The SMILES string of the molecule is COCCCOC1=C(Cl)C(C)C2C(=C1)OC(c1cc(OC)ccc1F)n1cc(C(=O)O)c(=O)cc12. The normalized spacial score (nSPS) is 20.9. The Morgan fingerprint density at radius 3 is 2.71 bits per heavy atom. The van der Waals surface area contributed by atoms with Crippen LogP contribution in [0.1, 0.15) is 47.1 Å². The number of nitrogens with zero attached hydrogens (tertiary/aromatic N) is 1. The van der Waals surface area contributed by atoms with Gasteiger partial charge < -0.3 is 28.6 Å². The number of hydrogen-bond acceptors (Lipinski definition) is 6. The molecule has 35 heavy (non-hydrogen) atoms. The van der Waals surface area contributed by atoms with Crippen molar-refractivity contribution in [1.29, 1.82) is 0 Å². The van der Waals surface area contributed by atoms with E-state index >= 15 is 0 Å². The lowest BCUT2D eigenvalue weighted by Crippen LogP contribution is -2.35. The van der Waals surface area contributed by atoms with Gasteiger partial charge in [0.1, 0.15) is 28.6 Å². The van der Waals surface area contributed by atoms with Gasteiger partial charge in [-0.2, -0.15) is 0 Å². The van der Waals surface area contributed by atoms with Crippen LogP contribution in [-0.4, -0.2) is 43.1 Å². The van der Waals surface area contributed by atoms with Crippen molar-refractivity contribution in [2.24, 2.45) is 5.92 Å². The molecule has 8 nitrogen and oxygen atoms in total. The molecule has 2 aromatic rings. The third-order valence-electron chi connectivity index (χ3n) is 6.09. The first-order valence-corrected chi connectivity index (χ1v) is 11.4. The summed E-state index contributed by atoms with van der Waals surface area (Å²) in [7, 11) is 3.05. The summed E-state index contributed by atoms with van der Waals surface area (Å²) in [5.41, 5.74) is -0.552. The van der Waals surface area contributed by atoms with Crippen LogP contribution in [0.25, 0.3) is 0 Å². The van der Waals surface area contributed by atoms with E-state index in [1.165, 1.54) is 42.1 Å². The van der Waals surface area contributed by atoms with Crippen molar-refractivity contribution in [3.05, 3.63) is 86.0 Å². The standard InChI is InChI=1S/C25H25ClFNO7/c1-13-22-18-10-19(29)16(25(30)31)12-28(18)24(15-9-14(33-3)5-6-17(15)27)35-20(22)11-21(23(13)26)34-8-4-7-32-2/h5-6,9-13,22,24H,4,7-8H2,1-3H3,(H,30,31). The first-order valence-electron chi connectivity index (χ1n) is 11.0. The first kappa shape index (κ1) is 24.8. The van der Waals surface area contributed by atoms with Crippen LogP contribution in [0.15, 0.2) is 57.9 Å². The minimum atomic E-state index is -1.39. The van der Waals surface area contributed by atoms with E-state index in [1.807, 2.05) is 6.92 Å². The Balaban J connectivity index is 1.86. The molecule has 1 aromatic carbocycles. The zero-order valence-corrected chi connectivity index (χ0v) is 20.2. The zero-order chi connectivity index (χ0) is 25.3. The number of allylic oxidation sites excluding steroid dienone is 3. The van der Waals surface area contributed by atoms with Crippen LogP contribution in [0.2, 0.25) is 0 Å². The van der Waals surface area contributed by atoms with Crippen LogP contribution >= 0.6 is 11.6 Å². The monoisotopic (exact) mass is 505 g/mol. The largest absolute Gasteiger partial charge is 0.497 e. The zero-order valence-electron chi connectivity index (χ0n) is 19.4. The summed E-state index contributed by atoms with van der Waals surface area (Å²) in [6.45, 7) is 2.75. The van der Waals surface area contributed by atoms with E-state index in [9.17, 15) is 19.1 Å². The Bertz CT molecular complexity index is 1270. The molecule has 4 rings (SSSR count). The van der Waals surface area contributed by atoms with E-state index in [1.54, 1.807) is 13.2 Å². The molecule has 0 spiro atoms. The molecule has 2 aliphatic rings. The summed E-state index contributed by atoms with van der Waals surface area (Å²) in [6, 6.07) is 5.43. The van der Waals surface area contributed by atoms with E-state index in [0.717, 1.165) is 0 Å². The molecule has 0 saturated carbocycles. The summed E-state index contributed by atoms with van der Waals surface area (Å²) in [5, 5.41) is 9.97. The molecule has 0 amide bonds. The van der Waals surface area contributed by atoms with Crippen molar-refractivity contribution >= 4 is 17.6 Å². The lowest BCUT2D eigenvalue weighted by Gasteiger charge is -2.41. The third kappa shape index (κ3) is 4.66. The molecule has 0 saturated heterocycles. The second kappa shape index (κ2) is 10.1. The van der Waals surface area contributed by atoms with Crippen LogP contribution in [-0.2, 0) is 14.2 Å². The van der Waals surface area contributed by atoms with E-state index in [-0.39, 0.29) is 11.5 Å². The molecular weight excluding hydrogens is 481 g/mol. The predicted molar refractivity (Wildman–Crippen MR) is 125 cm³/mol. The molecule has 10 heteroatoms. The van der Waals surface area contributed by atoms with Crippen LogP contribution in [0, 0.1) is 11.7 Å². The number of hydrogen-bond donors (Lipinski definition) is 1. The van der Waals surface area contributed by atoms with Gasteiger partial charge in [0.05, 0.1) is 30.2 Å².